The number of aromatic nitrogens is 4. The molecule has 0 aliphatic carbocycles. The first-order chi connectivity index (χ1) is 7.28. The molecule has 0 amide bonds. The maximum atomic E-state index is 4.95. The monoisotopic (exact) mass is 223 g/mol. The van der Waals surface area contributed by atoms with Gasteiger partial charge in [0, 0.05) is 11.1 Å². The molecule has 1 N–H and O–H groups in total. The van der Waals surface area contributed by atoms with Crippen LogP contribution in [0.4, 0.5) is 5.95 Å². The van der Waals surface area contributed by atoms with Crippen LogP contribution in [0.25, 0.3) is 0 Å². The summed E-state index contributed by atoms with van der Waals surface area (Å²) in [6.07, 6.45) is 0.00935. The average Bonchev–Trinajstić information content (AvgIpc) is 2.74. The van der Waals surface area contributed by atoms with Crippen LogP contribution in [-0.4, -0.2) is 26.9 Å². The Balaban J connectivity index is 1.93. The van der Waals surface area contributed by atoms with Crippen molar-refractivity contribution in [3.63, 3.8) is 0 Å². The highest BCUT2D eigenvalue weighted by Crippen LogP contribution is 2.33. The number of nitrogens with zero attached hydrogens (tertiary/aromatic N) is 4. The molecule has 3 rings (SSSR count). The maximum Gasteiger partial charge on any atom is 0.337 e. The Bertz CT molecular complexity index is 505. The number of hydrogen-bond acceptors (Lipinski definition) is 6. The first kappa shape index (κ1) is 8.66. The molecule has 7 heteroatoms. The fourth-order valence-corrected chi connectivity index (χ4v) is 2.28. The van der Waals surface area contributed by atoms with Gasteiger partial charge in [0.05, 0.1) is 7.11 Å². The van der Waals surface area contributed by atoms with Crippen molar-refractivity contribution >= 4 is 17.3 Å². The van der Waals surface area contributed by atoms with Crippen LogP contribution in [0.3, 0.4) is 0 Å². The van der Waals surface area contributed by atoms with E-state index in [1.165, 1.54) is 0 Å². The lowest BCUT2D eigenvalue weighted by molar-refractivity contribution is 0.373. The molecule has 0 saturated carbocycles. The fourth-order valence-electron chi connectivity index (χ4n) is 1.45. The van der Waals surface area contributed by atoms with Crippen LogP contribution in [0, 0.1) is 6.92 Å². The van der Waals surface area contributed by atoms with E-state index in [1.807, 2.05) is 12.3 Å². The van der Waals surface area contributed by atoms with Crippen molar-refractivity contribution in [1.29, 1.82) is 0 Å². The first-order valence-electron chi connectivity index (χ1n) is 4.47. The van der Waals surface area contributed by atoms with Gasteiger partial charge in [-0.2, -0.15) is 9.67 Å². The number of hydrogen-bond donors (Lipinski definition) is 1. The van der Waals surface area contributed by atoms with Crippen LogP contribution >= 0.6 is 11.3 Å². The van der Waals surface area contributed by atoms with Crippen LogP contribution in [0.1, 0.15) is 16.9 Å². The van der Waals surface area contributed by atoms with E-state index in [0.717, 1.165) is 16.6 Å². The van der Waals surface area contributed by atoms with E-state index >= 15 is 0 Å². The lowest BCUT2D eigenvalue weighted by Gasteiger charge is -2.26. The molecule has 0 fully saturated rings. The van der Waals surface area contributed by atoms with Crippen LogP contribution in [0.15, 0.2) is 5.38 Å². The summed E-state index contributed by atoms with van der Waals surface area (Å²) in [5.74, 6) is 0.727. The average molecular weight is 223 g/mol. The molecule has 0 aromatic carbocycles. The highest BCUT2D eigenvalue weighted by Gasteiger charge is 2.32. The van der Waals surface area contributed by atoms with Gasteiger partial charge in [0.1, 0.15) is 5.01 Å². The summed E-state index contributed by atoms with van der Waals surface area (Å²) >= 11 is 1.61. The van der Waals surface area contributed by atoms with Gasteiger partial charge in [0.15, 0.2) is 6.17 Å². The highest BCUT2D eigenvalue weighted by atomic mass is 32.1. The minimum absolute atomic E-state index is 0.00935. The summed E-state index contributed by atoms with van der Waals surface area (Å²) in [6.45, 7) is 1.97. The number of rotatable bonds is 2. The first-order valence-corrected chi connectivity index (χ1v) is 5.35. The maximum absolute atomic E-state index is 4.95. The molecular formula is C8H9N5OS. The van der Waals surface area contributed by atoms with Crippen molar-refractivity contribution in [1.82, 2.24) is 19.7 Å². The Morgan fingerprint density at radius 3 is 3.07 bits per heavy atom. The quantitative estimate of drug-likeness (QED) is 0.823. The molecular weight excluding hydrogens is 214 g/mol. The number of fused-ring (bicyclic) bond motifs is 1. The Hall–Kier alpha value is -1.63. The van der Waals surface area contributed by atoms with Crippen molar-refractivity contribution in [3.8, 4) is 6.01 Å². The molecule has 0 spiro atoms. The largest absolute Gasteiger partial charge is 0.466 e. The number of ether oxygens (including phenoxy) is 1. The number of aryl methyl sites for hydroxylation is 1. The van der Waals surface area contributed by atoms with Gasteiger partial charge in [-0.25, -0.2) is 4.98 Å². The number of anilines is 1. The molecule has 1 unspecified atom stereocenters. The van der Waals surface area contributed by atoms with Crippen molar-refractivity contribution in [2.75, 3.05) is 12.4 Å². The molecule has 6 nitrogen and oxygen atoms in total. The second-order valence-corrected chi connectivity index (χ2v) is 4.13. The van der Waals surface area contributed by atoms with E-state index < -0.39 is 0 Å². The van der Waals surface area contributed by atoms with Crippen LogP contribution in [0.2, 0.25) is 0 Å². The fraction of sp³-hybridized carbons (Fsp3) is 0.375. The number of methoxy groups -OCH3 is 1. The van der Waals surface area contributed by atoms with Gasteiger partial charge in [-0.05, 0) is 6.92 Å². The zero-order valence-electron chi connectivity index (χ0n) is 8.26. The van der Waals surface area contributed by atoms with E-state index in [-0.39, 0.29) is 6.17 Å². The smallest absolute Gasteiger partial charge is 0.337 e. The summed E-state index contributed by atoms with van der Waals surface area (Å²) in [4.78, 5) is 8.49. The SMILES string of the molecule is COc1nc2n(n1)C(c1nc(C)cs1)N2. The van der Waals surface area contributed by atoms with E-state index in [2.05, 4.69) is 20.4 Å². The molecule has 2 aromatic rings. The van der Waals surface area contributed by atoms with Crippen LogP contribution in [0.5, 0.6) is 6.01 Å². The second kappa shape index (κ2) is 2.93. The van der Waals surface area contributed by atoms with Crippen LogP contribution in [-0.2, 0) is 0 Å². The lowest BCUT2D eigenvalue weighted by atomic mass is 10.4. The van der Waals surface area contributed by atoms with E-state index in [1.54, 1.807) is 23.1 Å². The molecule has 2 aromatic heterocycles. The topological polar surface area (TPSA) is 64.9 Å². The van der Waals surface area contributed by atoms with Gasteiger partial charge < -0.3 is 10.1 Å². The Kier molecular flexibility index (Phi) is 1.69. The van der Waals surface area contributed by atoms with Crippen molar-refractivity contribution < 1.29 is 4.74 Å². The summed E-state index contributed by atoms with van der Waals surface area (Å²) in [7, 11) is 1.55. The summed E-state index contributed by atoms with van der Waals surface area (Å²) in [5, 5.41) is 10.3. The van der Waals surface area contributed by atoms with Gasteiger partial charge in [-0.3, -0.25) is 0 Å². The van der Waals surface area contributed by atoms with Gasteiger partial charge in [-0.15, -0.1) is 16.4 Å². The van der Waals surface area contributed by atoms with Crippen molar-refractivity contribution in [2.45, 2.75) is 13.1 Å². The molecule has 15 heavy (non-hydrogen) atoms. The minimum Gasteiger partial charge on any atom is -0.466 e. The van der Waals surface area contributed by atoms with Crippen molar-refractivity contribution in [3.05, 3.63) is 16.1 Å². The molecule has 1 atom stereocenters. The molecule has 1 aliphatic rings. The standard InChI is InChI=1S/C8H9N5OS/c1-4-3-15-6(9-4)5-10-7-11-8(14-2)12-13(5)7/h3,5H,1-2H3,(H,10,11,12). The van der Waals surface area contributed by atoms with Gasteiger partial charge in [0.2, 0.25) is 5.95 Å². The predicted octanol–water partition coefficient (Wildman–Crippen LogP) is 1.02. The van der Waals surface area contributed by atoms with Crippen LogP contribution < -0.4 is 10.1 Å². The Morgan fingerprint density at radius 2 is 2.40 bits per heavy atom. The van der Waals surface area contributed by atoms with E-state index in [0.29, 0.717) is 6.01 Å². The molecule has 0 bridgehead atoms. The molecule has 3 heterocycles. The van der Waals surface area contributed by atoms with Gasteiger partial charge in [0.25, 0.3) is 0 Å². The molecule has 78 valence electrons. The minimum atomic E-state index is 0.00935. The Morgan fingerprint density at radius 1 is 1.53 bits per heavy atom. The summed E-state index contributed by atoms with van der Waals surface area (Å²) < 4.78 is 6.72. The third kappa shape index (κ3) is 1.19. The van der Waals surface area contributed by atoms with Gasteiger partial charge >= 0.3 is 6.01 Å². The summed E-state index contributed by atoms with van der Waals surface area (Å²) in [6, 6.07) is 0.383. The summed E-state index contributed by atoms with van der Waals surface area (Å²) in [5.41, 5.74) is 1.03. The third-order valence-corrected chi connectivity index (χ3v) is 3.19. The van der Waals surface area contributed by atoms with E-state index in [9.17, 15) is 0 Å². The molecule has 0 radical (unpaired) electrons. The van der Waals surface area contributed by atoms with Crippen molar-refractivity contribution in [2.24, 2.45) is 0 Å². The van der Waals surface area contributed by atoms with Gasteiger partial charge in [-0.1, -0.05) is 0 Å². The zero-order chi connectivity index (χ0) is 10.4. The Labute approximate surface area is 89.9 Å². The van der Waals surface area contributed by atoms with E-state index in [4.69, 9.17) is 4.74 Å². The molecule has 0 saturated heterocycles. The lowest BCUT2D eigenvalue weighted by Crippen LogP contribution is -2.32. The number of nitrogens with one attached hydrogen (secondary N) is 1. The normalized spacial score (nSPS) is 17.9. The number of thiazole rings is 1. The molecule has 1 aliphatic heterocycles. The third-order valence-electron chi connectivity index (χ3n) is 2.18. The highest BCUT2D eigenvalue weighted by molar-refractivity contribution is 7.09. The zero-order valence-corrected chi connectivity index (χ0v) is 9.08. The predicted molar refractivity (Wildman–Crippen MR) is 55.2 cm³/mol. The second-order valence-electron chi connectivity index (χ2n) is 3.24.